The number of nitrogens with zero attached hydrogens (tertiary/aromatic N) is 1. The Morgan fingerprint density at radius 3 is 1.60 bits per heavy atom. The van der Waals surface area contributed by atoms with Gasteiger partial charge in [0.25, 0.3) is 0 Å². The van der Waals surface area contributed by atoms with E-state index in [0.29, 0.717) is 0 Å². The standard InChI is InChI=1S/C44H27NS2/c1-3-12-28(13-4-1)33-18-9-20-35-36-21-10-19-34(43(36)47-42(33)35)30-26-24-29(25-27-30)32-17-11-23-39-40(32)41-44(46-39)37-16-7-8-22-38(37)45(41)31-14-5-2-6-15-31/h1-27H. The molecule has 3 aromatic heterocycles. The maximum atomic E-state index is 2.45. The van der Waals surface area contributed by atoms with Gasteiger partial charge in [0, 0.05) is 41.3 Å². The van der Waals surface area contributed by atoms with Crippen molar-refractivity contribution in [3.63, 3.8) is 0 Å². The van der Waals surface area contributed by atoms with Gasteiger partial charge in [-0.25, -0.2) is 0 Å². The lowest BCUT2D eigenvalue weighted by molar-refractivity contribution is 1.19. The Bertz CT molecular complexity index is 2760. The molecule has 0 aliphatic rings. The van der Waals surface area contributed by atoms with Gasteiger partial charge in [-0.15, -0.1) is 22.7 Å². The Hall–Kier alpha value is -5.48. The van der Waals surface area contributed by atoms with Gasteiger partial charge in [-0.05, 0) is 57.6 Å². The second kappa shape index (κ2) is 10.5. The number of hydrogen-bond acceptors (Lipinski definition) is 2. The Morgan fingerprint density at radius 1 is 0.362 bits per heavy atom. The quantitative estimate of drug-likeness (QED) is 0.182. The molecular weight excluding hydrogens is 607 g/mol. The van der Waals surface area contributed by atoms with Crippen LogP contribution in [-0.2, 0) is 0 Å². The van der Waals surface area contributed by atoms with Crippen molar-refractivity contribution in [1.82, 2.24) is 4.57 Å². The average molecular weight is 634 g/mol. The van der Waals surface area contributed by atoms with Crippen LogP contribution in [0.1, 0.15) is 0 Å². The molecule has 0 saturated heterocycles. The van der Waals surface area contributed by atoms with Crippen LogP contribution in [0.25, 0.3) is 90.4 Å². The fourth-order valence-corrected chi connectivity index (χ4v) is 9.94. The molecule has 10 aromatic rings. The molecule has 3 heterocycles. The Kier molecular flexibility index (Phi) is 5.98. The van der Waals surface area contributed by atoms with Crippen LogP contribution in [0, 0.1) is 0 Å². The highest BCUT2D eigenvalue weighted by Crippen LogP contribution is 2.47. The number of para-hydroxylation sites is 2. The number of benzene rings is 7. The lowest BCUT2D eigenvalue weighted by Gasteiger charge is -2.11. The van der Waals surface area contributed by atoms with Gasteiger partial charge < -0.3 is 4.57 Å². The predicted molar refractivity (Wildman–Crippen MR) is 205 cm³/mol. The maximum Gasteiger partial charge on any atom is 0.0734 e. The second-order valence-corrected chi connectivity index (χ2v) is 14.1. The predicted octanol–water partition coefficient (Wildman–Crippen LogP) is 13.4. The van der Waals surface area contributed by atoms with Crippen LogP contribution in [0.3, 0.4) is 0 Å². The number of aromatic nitrogens is 1. The third-order valence-electron chi connectivity index (χ3n) is 9.43. The topological polar surface area (TPSA) is 4.93 Å². The molecule has 0 radical (unpaired) electrons. The number of thiophene rings is 2. The Labute approximate surface area is 280 Å². The smallest absolute Gasteiger partial charge is 0.0734 e. The molecule has 0 bridgehead atoms. The molecule has 0 fully saturated rings. The van der Waals surface area contributed by atoms with Crippen LogP contribution in [-0.4, -0.2) is 4.57 Å². The zero-order chi connectivity index (χ0) is 30.9. The monoisotopic (exact) mass is 633 g/mol. The van der Waals surface area contributed by atoms with E-state index in [-0.39, 0.29) is 0 Å². The molecule has 0 amide bonds. The fourth-order valence-electron chi connectivity index (χ4n) is 7.32. The average Bonchev–Trinajstić information content (AvgIpc) is 3.81. The van der Waals surface area contributed by atoms with E-state index >= 15 is 0 Å². The van der Waals surface area contributed by atoms with E-state index in [0.717, 1.165) is 0 Å². The molecule has 0 aliphatic carbocycles. The molecule has 220 valence electrons. The first kappa shape index (κ1) is 26.7. The molecule has 0 unspecified atom stereocenters. The van der Waals surface area contributed by atoms with Crippen molar-refractivity contribution in [2.45, 2.75) is 0 Å². The van der Waals surface area contributed by atoms with Gasteiger partial charge in [0.1, 0.15) is 0 Å². The van der Waals surface area contributed by atoms with Gasteiger partial charge in [-0.3, -0.25) is 0 Å². The van der Waals surface area contributed by atoms with Gasteiger partial charge in [0.05, 0.1) is 15.7 Å². The first-order valence-electron chi connectivity index (χ1n) is 15.9. The van der Waals surface area contributed by atoms with E-state index < -0.39 is 0 Å². The fraction of sp³-hybridized carbons (Fsp3) is 0. The van der Waals surface area contributed by atoms with Gasteiger partial charge in [0.2, 0.25) is 0 Å². The van der Waals surface area contributed by atoms with Crippen molar-refractivity contribution in [1.29, 1.82) is 0 Å². The Balaban J connectivity index is 1.14. The van der Waals surface area contributed by atoms with E-state index in [4.69, 9.17) is 0 Å². The zero-order valence-corrected chi connectivity index (χ0v) is 27.0. The Morgan fingerprint density at radius 2 is 0.894 bits per heavy atom. The van der Waals surface area contributed by atoms with Crippen molar-refractivity contribution in [2.75, 3.05) is 0 Å². The highest BCUT2D eigenvalue weighted by molar-refractivity contribution is 7.27. The molecule has 0 aliphatic heterocycles. The zero-order valence-electron chi connectivity index (χ0n) is 25.4. The highest BCUT2D eigenvalue weighted by Gasteiger charge is 2.20. The summed E-state index contributed by atoms with van der Waals surface area (Å²) in [5.74, 6) is 0. The van der Waals surface area contributed by atoms with Crippen molar-refractivity contribution in [3.8, 4) is 39.1 Å². The van der Waals surface area contributed by atoms with E-state index in [9.17, 15) is 0 Å². The molecular formula is C44H27NS2. The van der Waals surface area contributed by atoms with E-state index in [1.165, 1.54) is 90.4 Å². The molecule has 0 atom stereocenters. The van der Waals surface area contributed by atoms with Crippen molar-refractivity contribution in [3.05, 3.63) is 164 Å². The van der Waals surface area contributed by atoms with E-state index in [1.807, 2.05) is 22.7 Å². The molecule has 1 nitrogen and oxygen atoms in total. The number of rotatable bonds is 4. The summed E-state index contributed by atoms with van der Waals surface area (Å²) >= 11 is 3.81. The molecule has 0 saturated carbocycles. The van der Waals surface area contributed by atoms with Crippen LogP contribution in [0.2, 0.25) is 0 Å². The van der Waals surface area contributed by atoms with Crippen LogP contribution in [0.15, 0.2) is 164 Å². The van der Waals surface area contributed by atoms with Crippen molar-refractivity contribution < 1.29 is 0 Å². The van der Waals surface area contributed by atoms with Crippen LogP contribution in [0.4, 0.5) is 0 Å². The van der Waals surface area contributed by atoms with Crippen molar-refractivity contribution >= 4 is 74.1 Å². The summed E-state index contributed by atoms with van der Waals surface area (Å²) in [6.07, 6.45) is 0. The van der Waals surface area contributed by atoms with Gasteiger partial charge >= 0.3 is 0 Å². The van der Waals surface area contributed by atoms with E-state index in [1.54, 1.807) is 0 Å². The first-order valence-corrected chi connectivity index (χ1v) is 17.6. The summed E-state index contributed by atoms with van der Waals surface area (Å²) in [5, 5.41) is 5.27. The molecule has 3 heteroatoms. The molecule has 7 aromatic carbocycles. The van der Waals surface area contributed by atoms with Gasteiger partial charge in [0.15, 0.2) is 0 Å². The minimum absolute atomic E-state index is 1.19. The molecule has 47 heavy (non-hydrogen) atoms. The minimum Gasteiger partial charge on any atom is -0.308 e. The van der Waals surface area contributed by atoms with Crippen molar-refractivity contribution in [2.24, 2.45) is 0 Å². The third kappa shape index (κ3) is 4.07. The summed E-state index contributed by atoms with van der Waals surface area (Å²) in [6.45, 7) is 0. The van der Waals surface area contributed by atoms with Crippen LogP contribution >= 0.6 is 22.7 Å². The lowest BCUT2D eigenvalue weighted by Crippen LogP contribution is -1.93. The summed E-state index contributed by atoms with van der Waals surface area (Å²) < 4.78 is 7.80. The highest BCUT2D eigenvalue weighted by atomic mass is 32.1. The molecule has 0 spiro atoms. The minimum atomic E-state index is 1.19. The van der Waals surface area contributed by atoms with Crippen LogP contribution in [0.5, 0.6) is 0 Å². The first-order chi connectivity index (χ1) is 23.3. The lowest BCUT2D eigenvalue weighted by atomic mass is 9.97. The summed E-state index contributed by atoms with van der Waals surface area (Å²) in [6, 6.07) is 59.8. The van der Waals surface area contributed by atoms with Gasteiger partial charge in [-0.2, -0.15) is 0 Å². The van der Waals surface area contributed by atoms with E-state index in [2.05, 4.69) is 168 Å². The summed E-state index contributed by atoms with van der Waals surface area (Å²) in [7, 11) is 0. The van der Waals surface area contributed by atoms with Crippen LogP contribution < -0.4 is 0 Å². The third-order valence-corrected chi connectivity index (χ3v) is 11.9. The summed E-state index contributed by atoms with van der Waals surface area (Å²) in [5.41, 5.74) is 11.3. The second-order valence-electron chi connectivity index (χ2n) is 12.1. The maximum absolute atomic E-state index is 2.45. The largest absolute Gasteiger partial charge is 0.308 e. The SMILES string of the molecule is c1ccc(-c2cccc3c2sc2c(-c4ccc(-c5cccc6sc7c8ccccc8n(-c8ccccc8)c7c56)cc4)cccc23)cc1. The number of fused-ring (bicyclic) bond motifs is 8. The molecule has 10 rings (SSSR count). The normalized spacial score (nSPS) is 11.8. The molecule has 0 N–H and O–H groups in total. The van der Waals surface area contributed by atoms with Gasteiger partial charge in [-0.1, -0.05) is 140 Å². The summed E-state index contributed by atoms with van der Waals surface area (Å²) in [4.78, 5) is 0. The number of hydrogen-bond donors (Lipinski definition) is 0.